The first kappa shape index (κ1) is 12.3. The maximum atomic E-state index is 9.80. The number of hydrogen-bond acceptors (Lipinski definition) is 4. The fourth-order valence-corrected chi connectivity index (χ4v) is 1.96. The van der Waals surface area contributed by atoms with E-state index >= 15 is 0 Å². The Hall–Kier alpha value is -0.810. The number of amidine groups is 1. The molecule has 1 aliphatic carbocycles. The molecule has 0 aromatic rings. The highest BCUT2D eigenvalue weighted by atomic mass is 16.4. The van der Waals surface area contributed by atoms with Crippen molar-refractivity contribution in [3.05, 3.63) is 0 Å². The van der Waals surface area contributed by atoms with Crippen molar-refractivity contribution >= 4 is 5.84 Å². The summed E-state index contributed by atoms with van der Waals surface area (Å²) in [6, 6.07) is 0.166. The van der Waals surface area contributed by atoms with Crippen LogP contribution in [0.4, 0.5) is 0 Å². The second kappa shape index (κ2) is 6.63. The smallest absolute Gasteiger partial charge is 0.140 e. The molecule has 1 rings (SSSR count). The maximum Gasteiger partial charge on any atom is 0.140 e. The van der Waals surface area contributed by atoms with Gasteiger partial charge in [-0.15, -0.1) is 0 Å². The average Bonchev–Trinajstić information content (AvgIpc) is 2.44. The summed E-state index contributed by atoms with van der Waals surface area (Å²) in [5, 5.41) is 24.3. The average molecular weight is 215 g/mol. The zero-order valence-electron chi connectivity index (χ0n) is 9.02. The summed E-state index contributed by atoms with van der Waals surface area (Å²) in [7, 11) is 0. The summed E-state index contributed by atoms with van der Waals surface area (Å²) in [6.45, 7) is 0.650. The molecule has 5 N–H and O–H groups in total. The SMILES string of the molecule is NC(CCNC1CCCCCC1O)=NO. The fraction of sp³-hybridized carbons (Fsp3) is 0.900. The normalized spacial score (nSPS) is 28.7. The van der Waals surface area contributed by atoms with Crippen LogP contribution in [-0.4, -0.2) is 34.8 Å². The molecule has 0 radical (unpaired) electrons. The van der Waals surface area contributed by atoms with Crippen molar-refractivity contribution in [3.8, 4) is 0 Å². The van der Waals surface area contributed by atoms with E-state index in [1.165, 1.54) is 6.42 Å². The lowest BCUT2D eigenvalue weighted by Crippen LogP contribution is -2.40. The van der Waals surface area contributed by atoms with E-state index in [1.54, 1.807) is 0 Å². The van der Waals surface area contributed by atoms with Crippen LogP contribution in [0.2, 0.25) is 0 Å². The second-order valence-corrected chi connectivity index (χ2v) is 4.11. The van der Waals surface area contributed by atoms with Crippen molar-refractivity contribution in [2.75, 3.05) is 6.54 Å². The van der Waals surface area contributed by atoms with Crippen molar-refractivity contribution < 1.29 is 10.3 Å². The number of nitrogens with two attached hydrogens (primary N) is 1. The van der Waals surface area contributed by atoms with E-state index < -0.39 is 0 Å². The fourth-order valence-electron chi connectivity index (χ4n) is 1.96. The van der Waals surface area contributed by atoms with Crippen LogP contribution in [0, 0.1) is 0 Å². The minimum Gasteiger partial charge on any atom is -0.409 e. The molecule has 0 aromatic carbocycles. The number of aliphatic hydroxyl groups excluding tert-OH is 1. The van der Waals surface area contributed by atoms with Gasteiger partial charge in [0.2, 0.25) is 0 Å². The minimum absolute atomic E-state index is 0.166. The maximum absolute atomic E-state index is 9.80. The number of nitrogens with zero attached hydrogens (tertiary/aromatic N) is 1. The summed E-state index contributed by atoms with van der Waals surface area (Å²) in [4.78, 5) is 0. The van der Waals surface area contributed by atoms with Crippen LogP contribution in [0.25, 0.3) is 0 Å². The molecular formula is C10H21N3O2. The number of rotatable bonds is 4. The Kier molecular flexibility index (Phi) is 5.42. The third-order valence-electron chi connectivity index (χ3n) is 2.90. The molecule has 15 heavy (non-hydrogen) atoms. The lowest BCUT2D eigenvalue weighted by Gasteiger charge is -2.21. The molecule has 0 spiro atoms. The standard InChI is InChI=1S/C10H21N3O2/c11-10(13-15)6-7-12-8-4-2-1-3-5-9(8)14/h8-9,12,14-15H,1-7H2,(H2,11,13). The molecule has 1 saturated carbocycles. The molecular weight excluding hydrogens is 194 g/mol. The molecule has 2 unspecified atom stereocenters. The Balaban J connectivity index is 2.23. The van der Waals surface area contributed by atoms with E-state index in [0.29, 0.717) is 13.0 Å². The van der Waals surface area contributed by atoms with Crippen molar-refractivity contribution in [2.24, 2.45) is 10.9 Å². The molecule has 0 aliphatic heterocycles. The molecule has 1 aliphatic rings. The quantitative estimate of drug-likeness (QED) is 0.180. The van der Waals surface area contributed by atoms with Crippen molar-refractivity contribution in [1.82, 2.24) is 5.32 Å². The van der Waals surface area contributed by atoms with Crippen LogP contribution >= 0.6 is 0 Å². The Bertz CT molecular complexity index is 209. The van der Waals surface area contributed by atoms with Gasteiger partial charge in [-0.2, -0.15) is 0 Å². The van der Waals surface area contributed by atoms with E-state index in [-0.39, 0.29) is 18.0 Å². The highest BCUT2D eigenvalue weighted by molar-refractivity contribution is 5.79. The number of oxime groups is 1. The number of nitrogens with one attached hydrogen (secondary N) is 1. The van der Waals surface area contributed by atoms with E-state index in [4.69, 9.17) is 10.9 Å². The van der Waals surface area contributed by atoms with Gasteiger partial charge >= 0.3 is 0 Å². The summed E-state index contributed by atoms with van der Waals surface area (Å²) in [5.74, 6) is 0.227. The predicted octanol–water partition coefficient (Wildman–Crippen LogP) is 0.406. The molecule has 88 valence electrons. The van der Waals surface area contributed by atoms with Gasteiger partial charge in [0.15, 0.2) is 0 Å². The molecule has 0 saturated heterocycles. The molecule has 0 amide bonds. The van der Waals surface area contributed by atoms with Gasteiger partial charge < -0.3 is 21.4 Å². The van der Waals surface area contributed by atoms with Crippen molar-refractivity contribution in [2.45, 2.75) is 50.7 Å². The highest BCUT2D eigenvalue weighted by Gasteiger charge is 2.20. The van der Waals surface area contributed by atoms with Crippen LogP contribution in [0.3, 0.4) is 0 Å². The lowest BCUT2D eigenvalue weighted by molar-refractivity contribution is 0.120. The molecule has 1 fully saturated rings. The first-order chi connectivity index (χ1) is 7.24. The van der Waals surface area contributed by atoms with Crippen LogP contribution in [0.5, 0.6) is 0 Å². The Morgan fingerprint density at radius 3 is 2.80 bits per heavy atom. The Labute approximate surface area is 90.3 Å². The zero-order valence-corrected chi connectivity index (χ0v) is 9.02. The van der Waals surface area contributed by atoms with Crippen LogP contribution < -0.4 is 11.1 Å². The molecule has 0 aromatic heterocycles. The molecule has 5 nitrogen and oxygen atoms in total. The second-order valence-electron chi connectivity index (χ2n) is 4.11. The summed E-state index contributed by atoms with van der Waals surface area (Å²) in [5.41, 5.74) is 5.35. The lowest BCUT2D eigenvalue weighted by atomic mass is 10.1. The van der Waals surface area contributed by atoms with E-state index in [1.807, 2.05) is 0 Å². The molecule has 2 atom stereocenters. The monoisotopic (exact) mass is 215 g/mol. The molecule has 0 heterocycles. The van der Waals surface area contributed by atoms with Gasteiger partial charge in [0.25, 0.3) is 0 Å². The van der Waals surface area contributed by atoms with Crippen LogP contribution in [0.1, 0.15) is 38.5 Å². The van der Waals surface area contributed by atoms with Gasteiger partial charge in [-0.25, -0.2) is 0 Å². The number of aliphatic hydroxyl groups is 1. The van der Waals surface area contributed by atoms with Gasteiger partial charge in [-0.05, 0) is 12.8 Å². The van der Waals surface area contributed by atoms with Gasteiger partial charge in [0.05, 0.1) is 6.10 Å². The van der Waals surface area contributed by atoms with Gasteiger partial charge in [-0.1, -0.05) is 24.4 Å². The van der Waals surface area contributed by atoms with Crippen molar-refractivity contribution in [3.63, 3.8) is 0 Å². The van der Waals surface area contributed by atoms with Crippen LogP contribution in [-0.2, 0) is 0 Å². The summed E-state index contributed by atoms with van der Waals surface area (Å²) in [6.07, 6.45) is 5.63. The topological polar surface area (TPSA) is 90.9 Å². The highest BCUT2D eigenvalue weighted by Crippen LogP contribution is 2.17. The van der Waals surface area contributed by atoms with Crippen LogP contribution in [0.15, 0.2) is 5.16 Å². The zero-order chi connectivity index (χ0) is 11.1. The van der Waals surface area contributed by atoms with E-state index in [9.17, 15) is 5.11 Å². The molecule has 0 bridgehead atoms. The van der Waals surface area contributed by atoms with E-state index in [2.05, 4.69) is 10.5 Å². The minimum atomic E-state index is -0.250. The summed E-state index contributed by atoms with van der Waals surface area (Å²) < 4.78 is 0. The first-order valence-corrected chi connectivity index (χ1v) is 5.62. The van der Waals surface area contributed by atoms with E-state index in [0.717, 1.165) is 25.7 Å². The van der Waals surface area contributed by atoms with Gasteiger partial charge in [0.1, 0.15) is 5.84 Å². The Morgan fingerprint density at radius 1 is 1.33 bits per heavy atom. The predicted molar refractivity (Wildman–Crippen MR) is 58.9 cm³/mol. The Morgan fingerprint density at radius 2 is 2.07 bits per heavy atom. The summed E-state index contributed by atoms with van der Waals surface area (Å²) >= 11 is 0. The number of hydrogen-bond donors (Lipinski definition) is 4. The van der Waals surface area contributed by atoms with Crippen molar-refractivity contribution in [1.29, 1.82) is 0 Å². The first-order valence-electron chi connectivity index (χ1n) is 5.62. The third-order valence-corrected chi connectivity index (χ3v) is 2.90. The largest absolute Gasteiger partial charge is 0.409 e. The van der Waals surface area contributed by atoms with Gasteiger partial charge in [-0.3, -0.25) is 0 Å². The third kappa shape index (κ3) is 4.48. The van der Waals surface area contributed by atoms with Gasteiger partial charge in [0, 0.05) is 19.0 Å². The molecule has 5 heteroatoms.